The molecule has 7 heteroatoms. The van der Waals surface area contributed by atoms with Crippen LogP contribution in [-0.4, -0.2) is 36.0 Å². The summed E-state index contributed by atoms with van der Waals surface area (Å²) in [6.45, 7) is 0.675. The first-order valence-corrected chi connectivity index (χ1v) is 6.79. The Morgan fingerprint density at radius 3 is 2.80 bits per heavy atom. The normalized spacial score (nSPS) is 10.2. The average molecular weight is 319 g/mol. The van der Waals surface area contributed by atoms with Gasteiger partial charge < -0.3 is 15.4 Å². The minimum Gasteiger partial charge on any atom is -0.493 e. The van der Waals surface area contributed by atoms with Crippen LogP contribution in [0.4, 0.5) is 4.39 Å². The average Bonchev–Trinajstić information content (AvgIpc) is 2.39. The summed E-state index contributed by atoms with van der Waals surface area (Å²) < 4.78 is 18.3. The molecule has 0 aromatic heterocycles. The van der Waals surface area contributed by atoms with Gasteiger partial charge in [0.2, 0.25) is 5.91 Å². The number of hydrogen-bond donors (Lipinski definition) is 1. The van der Waals surface area contributed by atoms with E-state index in [9.17, 15) is 9.18 Å². The van der Waals surface area contributed by atoms with Crippen LogP contribution in [0.25, 0.3) is 0 Å². The Morgan fingerprint density at radius 1 is 1.50 bits per heavy atom. The Morgan fingerprint density at radius 2 is 2.20 bits per heavy atom. The molecule has 0 spiro atoms. The highest BCUT2D eigenvalue weighted by atomic mass is 35.5. The third-order valence-electron chi connectivity index (χ3n) is 2.60. The molecule has 0 aliphatic carbocycles. The van der Waals surface area contributed by atoms with Gasteiger partial charge in [-0.05, 0) is 12.1 Å². The number of hydrogen-bond acceptors (Lipinski definition) is 3. The predicted octanol–water partition coefficient (Wildman–Crippen LogP) is 2.38. The molecule has 0 heterocycles. The number of thiocarbonyl (C=S) groups is 1. The number of amides is 1. The molecule has 0 saturated heterocycles. The number of halogens is 2. The molecule has 0 fully saturated rings. The summed E-state index contributed by atoms with van der Waals surface area (Å²) >= 11 is 10.4. The van der Waals surface area contributed by atoms with E-state index in [1.165, 1.54) is 18.2 Å². The van der Waals surface area contributed by atoms with Gasteiger partial charge in [-0.25, -0.2) is 4.39 Å². The summed E-state index contributed by atoms with van der Waals surface area (Å²) in [4.78, 5) is 13.7. The summed E-state index contributed by atoms with van der Waals surface area (Å²) in [7, 11) is 1.68. The summed E-state index contributed by atoms with van der Waals surface area (Å²) in [5.41, 5.74) is 5.37. The molecule has 1 rings (SSSR count). The van der Waals surface area contributed by atoms with Crippen LogP contribution in [0.1, 0.15) is 12.8 Å². The number of ether oxygens (including phenoxy) is 1. The zero-order valence-corrected chi connectivity index (χ0v) is 12.6. The second kappa shape index (κ2) is 8.01. The Labute approximate surface area is 127 Å². The van der Waals surface area contributed by atoms with Gasteiger partial charge in [-0.3, -0.25) is 4.79 Å². The maximum Gasteiger partial charge on any atom is 0.225 e. The molecule has 1 aromatic rings. The number of carbonyl (C=O) groups is 1. The molecule has 0 aliphatic rings. The van der Waals surface area contributed by atoms with Crippen LogP contribution in [0, 0.1) is 5.82 Å². The lowest BCUT2D eigenvalue weighted by Gasteiger charge is -2.16. The van der Waals surface area contributed by atoms with Crippen LogP contribution in [-0.2, 0) is 4.79 Å². The van der Waals surface area contributed by atoms with Crippen molar-refractivity contribution in [2.45, 2.75) is 12.8 Å². The maximum absolute atomic E-state index is 12.9. The van der Waals surface area contributed by atoms with Crippen LogP contribution in [0.15, 0.2) is 18.2 Å². The third-order valence-corrected chi connectivity index (χ3v) is 3.09. The molecule has 0 radical (unpaired) electrons. The van der Waals surface area contributed by atoms with Crippen LogP contribution >= 0.6 is 23.8 Å². The molecule has 0 unspecified atom stereocenters. The van der Waals surface area contributed by atoms with Gasteiger partial charge in [-0.1, -0.05) is 23.8 Å². The van der Waals surface area contributed by atoms with Crippen molar-refractivity contribution < 1.29 is 13.9 Å². The van der Waals surface area contributed by atoms with E-state index in [1.54, 1.807) is 11.9 Å². The first-order chi connectivity index (χ1) is 9.40. The second-order valence-corrected chi connectivity index (χ2v) is 5.14. The Bertz CT molecular complexity index is 499. The Kier molecular flexibility index (Phi) is 6.67. The molecule has 2 N–H and O–H groups in total. The molecular formula is C13H16ClFN2O2S. The zero-order chi connectivity index (χ0) is 15.1. The maximum atomic E-state index is 12.9. The van der Waals surface area contributed by atoms with E-state index in [0.29, 0.717) is 23.7 Å². The van der Waals surface area contributed by atoms with Gasteiger partial charge in [-0.15, -0.1) is 0 Å². The number of nitrogens with zero attached hydrogens (tertiary/aromatic N) is 1. The first kappa shape index (κ1) is 16.7. The fourth-order valence-corrected chi connectivity index (χ4v) is 1.68. The first-order valence-electron chi connectivity index (χ1n) is 6.00. The third kappa shape index (κ3) is 5.71. The summed E-state index contributed by atoms with van der Waals surface area (Å²) in [5.74, 6) is -0.156. The summed E-state index contributed by atoms with van der Waals surface area (Å²) in [6.07, 6.45) is 0.703. The molecule has 110 valence electrons. The molecule has 20 heavy (non-hydrogen) atoms. The fraction of sp³-hybridized carbons (Fsp3) is 0.385. The van der Waals surface area contributed by atoms with Gasteiger partial charge in [0.1, 0.15) is 11.6 Å². The standard InChI is InChI=1S/C13H16ClFN2O2S/c1-17(6-4-12(16)20)13(18)5-7-19-9-2-3-11(15)10(14)8-9/h2-3,8H,4-7H2,1H3,(H2,16,20). The monoisotopic (exact) mass is 318 g/mol. The zero-order valence-electron chi connectivity index (χ0n) is 11.1. The van der Waals surface area contributed by atoms with E-state index in [-0.39, 0.29) is 24.0 Å². The van der Waals surface area contributed by atoms with E-state index < -0.39 is 5.82 Å². The second-order valence-electron chi connectivity index (χ2n) is 4.21. The minimum atomic E-state index is -0.507. The summed E-state index contributed by atoms with van der Waals surface area (Å²) in [6, 6.07) is 4.05. The lowest BCUT2D eigenvalue weighted by Crippen LogP contribution is -2.30. The molecule has 4 nitrogen and oxygen atoms in total. The quantitative estimate of drug-likeness (QED) is 0.784. The van der Waals surface area contributed by atoms with Gasteiger partial charge in [0.25, 0.3) is 0 Å². The topological polar surface area (TPSA) is 55.6 Å². The SMILES string of the molecule is CN(CCC(N)=S)C(=O)CCOc1ccc(F)c(Cl)c1. The highest BCUT2D eigenvalue weighted by Gasteiger charge is 2.09. The van der Waals surface area contributed by atoms with E-state index in [1.807, 2.05) is 0 Å². The Balaban J connectivity index is 2.34. The van der Waals surface area contributed by atoms with Crippen molar-refractivity contribution in [2.24, 2.45) is 5.73 Å². The van der Waals surface area contributed by atoms with E-state index in [4.69, 9.17) is 34.3 Å². The van der Waals surface area contributed by atoms with Crippen LogP contribution in [0.2, 0.25) is 5.02 Å². The van der Waals surface area contributed by atoms with Crippen molar-refractivity contribution in [2.75, 3.05) is 20.2 Å². The molecular weight excluding hydrogens is 303 g/mol. The number of nitrogens with two attached hydrogens (primary N) is 1. The molecule has 0 saturated carbocycles. The highest BCUT2D eigenvalue weighted by molar-refractivity contribution is 7.80. The van der Waals surface area contributed by atoms with E-state index >= 15 is 0 Å². The van der Waals surface area contributed by atoms with Crippen molar-refractivity contribution in [3.8, 4) is 5.75 Å². The van der Waals surface area contributed by atoms with Gasteiger partial charge in [0.05, 0.1) is 23.0 Å². The largest absolute Gasteiger partial charge is 0.493 e. The lowest BCUT2D eigenvalue weighted by molar-refractivity contribution is -0.130. The number of carbonyl (C=O) groups excluding carboxylic acids is 1. The van der Waals surface area contributed by atoms with Crippen molar-refractivity contribution in [3.63, 3.8) is 0 Å². The highest BCUT2D eigenvalue weighted by Crippen LogP contribution is 2.21. The number of rotatable bonds is 7. The fourth-order valence-electron chi connectivity index (χ4n) is 1.42. The smallest absolute Gasteiger partial charge is 0.225 e. The van der Waals surface area contributed by atoms with Crippen LogP contribution in [0.3, 0.4) is 0 Å². The van der Waals surface area contributed by atoms with Crippen molar-refractivity contribution in [1.29, 1.82) is 0 Å². The Hall–Kier alpha value is -1.40. The molecule has 1 amide bonds. The number of benzene rings is 1. The van der Waals surface area contributed by atoms with E-state index in [0.717, 1.165) is 0 Å². The predicted molar refractivity (Wildman–Crippen MR) is 80.6 cm³/mol. The van der Waals surface area contributed by atoms with Gasteiger partial charge in [0.15, 0.2) is 0 Å². The minimum absolute atomic E-state index is 0.0117. The van der Waals surface area contributed by atoms with Gasteiger partial charge in [0, 0.05) is 26.1 Å². The molecule has 0 bridgehead atoms. The van der Waals surface area contributed by atoms with Crippen LogP contribution in [0.5, 0.6) is 5.75 Å². The van der Waals surface area contributed by atoms with Crippen molar-refractivity contribution in [3.05, 3.63) is 29.0 Å². The molecule has 0 atom stereocenters. The molecule has 1 aromatic carbocycles. The molecule has 0 aliphatic heterocycles. The van der Waals surface area contributed by atoms with Crippen molar-refractivity contribution >= 4 is 34.7 Å². The van der Waals surface area contributed by atoms with E-state index in [2.05, 4.69) is 0 Å². The van der Waals surface area contributed by atoms with Gasteiger partial charge >= 0.3 is 0 Å². The van der Waals surface area contributed by atoms with Gasteiger partial charge in [-0.2, -0.15) is 0 Å². The summed E-state index contributed by atoms with van der Waals surface area (Å²) in [5, 5.41) is -0.0117. The van der Waals surface area contributed by atoms with Crippen LogP contribution < -0.4 is 10.5 Å². The lowest BCUT2D eigenvalue weighted by atomic mass is 10.3. The van der Waals surface area contributed by atoms with Crippen molar-refractivity contribution in [1.82, 2.24) is 4.90 Å².